The van der Waals surface area contributed by atoms with Gasteiger partial charge in [0.25, 0.3) is 0 Å². The number of rotatable bonds is 2. The van der Waals surface area contributed by atoms with E-state index in [0.717, 1.165) is 72.3 Å². The highest BCUT2D eigenvalue weighted by atomic mass is 19.4. The van der Waals surface area contributed by atoms with E-state index in [-0.39, 0.29) is 17.1 Å². The van der Waals surface area contributed by atoms with Crippen LogP contribution >= 0.6 is 0 Å². The molecule has 0 unspecified atom stereocenters. The molecule has 3 nitrogen and oxygen atoms in total. The van der Waals surface area contributed by atoms with Crippen molar-refractivity contribution in [2.24, 2.45) is 5.41 Å². The summed E-state index contributed by atoms with van der Waals surface area (Å²) in [5.41, 5.74) is 3.70. The lowest BCUT2D eigenvalue weighted by molar-refractivity contribution is -0.137. The molecule has 33 heavy (non-hydrogen) atoms. The molecule has 1 aromatic heterocycles. The maximum atomic E-state index is 13.5. The number of alkyl halides is 3. The van der Waals surface area contributed by atoms with Gasteiger partial charge >= 0.3 is 6.18 Å². The summed E-state index contributed by atoms with van der Waals surface area (Å²) in [6, 6.07) is 5.26. The van der Waals surface area contributed by atoms with Crippen molar-refractivity contribution >= 4 is 5.78 Å². The predicted octanol–water partition coefficient (Wildman–Crippen LogP) is 7.27. The van der Waals surface area contributed by atoms with E-state index in [1.54, 1.807) is 0 Å². The van der Waals surface area contributed by atoms with E-state index in [9.17, 15) is 18.0 Å². The SMILES string of the molecule is CC(C)c1nc2c(c3c1[C@H](c1ccc(C(F)(F)F)cc1)OC31CCCC1)C(=O)CC(C)(C)C2. The van der Waals surface area contributed by atoms with Crippen molar-refractivity contribution in [3.8, 4) is 0 Å². The van der Waals surface area contributed by atoms with Crippen LogP contribution in [0.4, 0.5) is 13.2 Å². The third-order valence-corrected chi connectivity index (χ3v) is 7.46. The van der Waals surface area contributed by atoms with E-state index < -0.39 is 23.4 Å². The molecular formula is C27H30F3NO2. The van der Waals surface area contributed by atoms with Gasteiger partial charge in [-0.2, -0.15) is 13.2 Å². The molecule has 1 spiro atoms. The Morgan fingerprint density at radius 3 is 2.27 bits per heavy atom. The number of pyridine rings is 1. The monoisotopic (exact) mass is 457 g/mol. The van der Waals surface area contributed by atoms with Crippen LogP contribution in [0, 0.1) is 5.41 Å². The number of ether oxygens (including phenoxy) is 1. The number of Topliss-reactive ketones (excluding diaryl/α,β-unsaturated/α-hetero) is 1. The lowest BCUT2D eigenvalue weighted by atomic mass is 9.71. The lowest BCUT2D eigenvalue weighted by Crippen LogP contribution is -2.33. The summed E-state index contributed by atoms with van der Waals surface area (Å²) in [4.78, 5) is 18.5. The minimum Gasteiger partial charge on any atom is -0.358 e. The molecule has 0 radical (unpaired) electrons. The first-order valence-corrected chi connectivity index (χ1v) is 11.9. The highest BCUT2D eigenvalue weighted by Crippen LogP contribution is 2.58. The maximum absolute atomic E-state index is 13.5. The molecule has 2 aliphatic carbocycles. The van der Waals surface area contributed by atoms with Crippen LogP contribution in [0.3, 0.4) is 0 Å². The fraction of sp³-hybridized carbons (Fsp3) is 0.556. The zero-order chi connectivity index (χ0) is 23.8. The summed E-state index contributed by atoms with van der Waals surface area (Å²) in [6.07, 6.45) is -0.0389. The quantitative estimate of drug-likeness (QED) is 0.476. The Bertz CT molecular complexity index is 1110. The molecule has 0 amide bonds. The second-order valence-electron chi connectivity index (χ2n) is 11.0. The average Bonchev–Trinajstić information content (AvgIpc) is 3.31. The van der Waals surface area contributed by atoms with Gasteiger partial charge in [0.1, 0.15) is 6.10 Å². The van der Waals surface area contributed by atoms with E-state index in [0.29, 0.717) is 12.0 Å². The molecule has 1 aliphatic heterocycles. The first-order chi connectivity index (χ1) is 15.4. The number of hydrogen-bond donors (Lipinski definition) is 0. The first-order valence-electron chi connectivity index (χ1n) is 11.9. The molecule has 1 atom stereocenters. The topological polar surface area (TPSA) is 39.2 Å². The van der Waals surface area contributed by atoms with E-state index in [2.05, 4.69) is 27.7 Å². The molecule has 1 aromatic carbocycles. The second kappa shape index (κ2) is 7.39. The van der Waals surface area contributed by atoms with Crippen LogP contribution in [0.5, 0.6) is 0 Å². The maximum Gasteiger partial charge on any atom is 0.416 e. The third kappa shape index (κ3) is 3.61. The number of benzene rings is 1. The van der Waals surface area contributed by atoms with Gasteiger partial charge in [0.2, 0.25) is 0 Å². The molecule has 1 saturated carbocycles. The highest BCUT2D eigenvalue weighted by Gasteiger charge is 2.52. The normalized spacial score (nSPS) is 23.3. The Morgan fingerprint density at radius 1 is 1.06 bits per heavy atom. The lowest BCUT2D eigenvalue weighted by Gasteiger charge is -2.34. The number of aromatic nitrogens is 1. The predicted molar refractivity (Wildman–Crippen MR) is 119 cm³/mol. The van der Waals surface area contributed by atoms with Crippen molar-refractivity contribution in [2.75, 3.05) is 0 Å². The second-order valence-corrected chi connectivity index (χ2v) is 11.0. The van der Waals surface area contributed by atoms with Crippen molar-refractivity contribution in [3.05, 3.63) is 63.5 Å². The van der Waals surface area contributed by atoms with Gasteiger partial charge in [0.05, 0.1) is 16.9 Å². The van der Waals surface area contributed by atoms with Crippen molar-refractivity contribution in [1.82, 2.24) is 4.98 Å². The van der Waals surface area contributed by atoms with Gasteiger partial charge in [-0.25, -0.2) is 0 Å². The van der Waals surface area contributed by atoms with Gasteiger partial charge in [0.15, 0.2) is 5.78 Å². The van der Waals surface area contributed by atoms with Crippen LogP contribution in [-0.4, -0.2) is 10.8 Å². The van der Waals surface area contributed by atoms with E-state index in [1.165, 1.54) is 12.1 Å². The van der Waals surface area contributed by atoms with Gasteiger partial charge in [-0.1, -0.05) is 52.7 Å². The van der Waals surface area contributed by atoms with E-state index in [1.807, 2.05) is 0 Å². The molecule has 2 heterocycles. The van der Waals surface area contributed by atoms with Crippen LogP contribution in [0.1, 0.15) is 116 Å². The molecule has 176 valence electrons. The van der Waals surface area contributed by atoms with Gasteiger partial charge in [0, 0.05) is 28.8 Å². The Hall–Kier alpha value is -2.21. The van der Waals surface area contributed by atoms with Crippen LogP contribution in [0.15, 0.2) is 24.3 Å². The minimum atomic E-state index is -4.39. The average molecular weight is 458 g/mol. The summed E-state index contributed by atoms with van der Waals surface area (Å²) in [7, 11) is 0. The zero-order valence-corrected chi connectivity index (χ0v) is 19.6. The number of hydrogen-bond acceptors (Lipinski definition) is 3. The number of ketones is 1. The van der Waals surface area contributed by atoms with Crippen LogP contribution in [0.2, 0.25) is 0 Å². The van der Waals surface area contributed by atoms with Gasteiger partial charge < -0.3 is 4.74 Å². The van der Waals surface area contributed by atoms with Crippen molar-refractivity contribution < 1.29 is 22.7 Å². The van der Waals surface area contributed by atoms with Crippen molar-refractivity contribution in [1.29, 1.82) is 0 Å². The first kappa shape index (κ1) is 22.6. The number of halogens is 3. The largest absolute Gasteiger partial charge is 0.416 e. The van der Waals surface area contributed by atoms with Crippen LogP contribution in [-0.2, 0) is 22.9 Å². The molecule has 3 aliphatic rings. The zero-order valence-electron chi connectivity index (χ0n) is 19.6. The van der Waals surface area contributed by atoms with Gasteiger partial charge in [-0.05, 0) is 48.3 Å². The number of carbonyl (C=O) groups is 1. The van der Waals surface area contributed by atoms with Crippen LogP contribution in [0.25, 0.3) is 0 Å². The van der Waals surface area contributed by atoms with Crippen molar-refractivity contribution in [2.45, 2.75) is 90.0 Å². The summed E-state index contributed by atoms with van der Waals surface area (Å²) in [5, 5.41) is 0. The molecule has 1 fully saturated rings. The van der Waals surface area contributed by atoms with Gasteiger partial charge in [-0.3, -0.25) is 9.78 Å². The molecular weight excluding hydrogens is 427 g/mol. The Labute approximate surface area is 192 Å². The molecule has 0 bridgehead atoms. The molecule has 0 saturated heterocycles. The van der Waals surface area contributed by atoms with Gasteiger partial charge in [-0.15, -0.1) is 0 Å². The van der Waals surface area contributed by atoms with Crippen LogP contribution < -0.4 is 0 Å². The summed E-state index contributed by atoms with van der Waals surface area (Å²) < 4.78 is 46.3. The molecule has 0 N–H and O–H groups in total. The van der Waals surface area contributed by atoms with E-state index in [4.69, 9.17) is 9.72 Å². The standard InChI is InChI=1S/C27H30F3NO2/c1-15(2)23-21-22(20-18(31-23)13-25(3,4)14-19(20)32)26(11-5-6-12-26)33-24(21)16-7-9-17(10-8-16)27(28,29)30/h7-10,15,24H,5-6,11-14H2,1-4H3/t24-/m0/s1. The highest BCUT2D eigenvalue weighted by molar-refractivity contribution is 6.01. The summed E-state index contributed by atoms with van der Waals surface area (Å²) >= 11 is 0. The summed E-state index contributed by atoms with van der Waals surface area (Å²) in [5.74, 6) is 0.213. The fourth-order valence-corrected chi connectivity index (χ4v) is 6.05. The Balaban J connectivity index is 1.74. The summed E-state index contributed by atoms with van der Waals surface area (Å²) in [6.45, 7) is 8.36. The smallest absolute Gasteiger partial charge is 0.358 e. The third-order valence-electron chi connectivity index (χ3n) is 7.46. The number of carbonyl (C=O) groups excluding carboxylic acids is 1. The number of fused-ring (bicyclic) bond motifs is 4. The Kier molecular flexibility index (Phi) is 5.06. The minimum absolute atomic E-state index is 0.0984. The number of nitrogens with zero attached hydrogens (tertiary/aromatic N) is 1. The van der Waals surface area contributed by atoms with Crippen molar-refractivity contribution in [3.63, 3.8) is 0 Å². The fourth-order valence-electron chi connectivity index (χ4n) is 6.05. The molecule has 2 aromatic rings. The molecule has 5 rings (SSSR count). The van der Waals surface area contributed by atoms with E-state index >= 15 is 0 Å². The Morgan fingerprint density at radius 2 is 1.70 bits per heavy atom. The molecule has 6 heteroatoms.